The Morgan fingerprint density at radius 1 is 1.03 bits per heavy atom. The lowest BCUT2D eigenvalue weighted by Gasteiger charge is -2.16. The van der Waals surface area contributed by atoms with E-state index in [4.69, 9.17) is 0 Å². The van der Waals surface area contributed by atoms with E-state index in [2.05, 4.69) is 27.5 Å². The fourth-order valence-corrected chi connectivity index (χ4v) is 3.05. The summed E-state index contributed by atoms with van der Waals surface area (Å²) in [6, 6.07) is 17.5. The lowest BCUT2D eigenvalue weighted by atomic mass is 10.1. The number of unbranched alkanes of at least 4 members (excludes halogenated alkanes) is 1. The number of nitrogens with one attached hydrogen (secondary N) is 2. The molecule has 3 rings (SSSR count). The van der Waals surface area contributed by atoms with Crippen LogP contribution in [0.2, 0.25) is 0 Å². The molecule has 1 unspecified atom stereocenters. The molecule has 0 fully saturated rings. The molecular weight excluding hydrogens is 366 g/mol. The number of aromatic nitrogens is 2. The SMILES string of the molecule is CCCCc1ccc(Nc2ncnc(NC(C)c3ccccc3)c2[N+](=O)[O-])cc1. The van der Waals surface area contributed by atoms with Gasteiger partial charge in [0.15, 0.2) is 0 Å². The summed E-state index contributed by atoms with van der Waals surface area (Å²) in [6.45, 7) is 4.09. The second kappa shape index (κ2) is 9.64. The second-order valence-corrected chi connectivity index (χ2v) is 6.88. The summed E-state index contributed by atoms with van der Waals surface area (Å²) >= 11 is 0. The highest BCUT2D eigenvalue weighted by Crippen LogP contribution is 2.33. The highest BCUT2D eigenvalue weighted by molar-refractivity contribution is 5.74. The van der Waals surface area contributed by atoms with Gasteiger partial charge in [0, 0.05) is 5.69 Å². The van der Waals surface area contributed by atoms with Gasteiger partial charge in [-0.3, -0.25) is 10.1 Å². The molecule has 29 heavy (non-hydrogen) atoms. The van der Waals surface area contributed by atoms with Crippen LogP contribution in [-0.2, 0) is 6.42 Å². The molecule has 0 saturated carbocycles. The van der Waals surface area contributed by atoms with Crippen molar-refractivity contribution in [1.29, 1.82) is 0 Å². The van der Waals surface area contributed by atoms with Crippen LogP contribution < -0.4 is 10.6 Å². The maximum absolute atomic E-state index is 11.8. The van der Waals surface area contributed by atoms with Crippen molar-refractivity contribution in [3.63, 3.8) is 0 Å². The third kappa shape index (κ3) is 5.28. The molecular formula is C22H25N5O2. The zero-order chi connectivity index (χ0) is 20.6. The van der Waals surface area contributed by atoms with E-state index >= 15 is 0 Å². The molecule has 1 aromatic heterocycles. The van der Waals surface area contributed by atoms with Crippen molar-refractivity contribution in [3.05, 3.63) is 82.2 Å². The van der Waals surface area contributed by atoms with E-state index in [1.54, 1.807) is 0 Å². The molecule has 0 saturated heterocycles. The summed E-state index contributed by atoms with van der Waals surface area (Å²) in [5.41, 5.74) is 2.82. The van der Waals surface area contributed by atoms with E-state index in [1.807, 2.05) is 61.5 Å². The largest absolute Gasteiger partial charge is 0.358 e. The average Bonchev–Trinajstić information content (AvgIpc) is 2.74. The van der Waals surface area contributed by atoms with Crippen molar-refractivity contribution < 1.29 is 4.92 Å². The summed E-state index contributed by atoms with van der Waals surface area (Å²) in [6.07, 6.45) is 4.63. The lowest BCUT2D eigenvalue weighted by Crippen LogP contribution is -2.11. The van der Waals surface area contributed by atoms with Crippen LogP contribution in [0.5, 0.6) is 0 Å². The van der Waals surface area contributed by atoms with E-state index < -0.39 is 4.92 Å². The number of hydrogen-bond acceptors (Lipinski definition) is 6. The molecule has 0 aliphatic heterocycles. The number of nitrogens with zero attached hydrogens (tertiary/aromatic N) is 3. The van der Waals surface area contributed by atoms with Gasteiger partial charge in [0.05, 0.1) is 11.0 Å². The molecule has 2 aromatic carbocycles. The first-order valence-electron chi connectivity index (χ1n) is 9.75. The van der Waals surface area contributed by atoms with Crippen molar-refractivity contribution in [3.8, 4) is 0 Å². The predicted octanol–water partition coefficient (Wildman–Crippen LogP) is 5.64. The Hall–Kier alpha value is -3.48. The van der Waals surface area contributed by atoms with Crippen LogP contribution in [0.25, 0.3) is 0 Å². The highest BCUT2D eigenvalue weighted by atomic mass is 16.6. The van der Waals surface area contributed by atoms with Crippen LogP contribution in [0, 0.1) is 10.1 Å². The molecule has 1 atom stereocenters. The molecule has 0 aliphatic rings. The van der Waals surface area contributed by atoms with Crippen molar-refractivity contribution in [1.82, 2.24) is 9.97 Å². The Kier molecular flexibility index (Phi) is 6.73. The van der Waals surface area contributed by atoms with Gasteiger partial charge < -0.3 is 10.6 Å². The Morgan fingerprint density at radius 2 is 1.72 bits per heavy atom. The molecule has 0 radical (unpaired) electrons. The Balaban J connectivity index is 1.82. The summed E-state index contributed by atoms with van der Waals surface area (Å²) < 4.78 is 0. The number of rotatable bonds is 9. The van der Waals surface area contributed by atoms with Crippen LogP contribution >= 0.6 is 0 Å². The highest BCUT2D eigenvalue weighted by Gasteiger charge is 2.24. The molecule has 7 nitrogen and oxygen atoms in total. The van der Waals surface area contributed by atoms with Crippen molar-refractivity contribution >= 4 is 23.0 Å². The number of aryl methyl sites for hydroxylation is 1. The Morgan fingerprint density at radius 3 is 2.38 bits per heavy atom. The number of nitro groups is 1. The molecule has 2 N–H and O–H groups in total. The maximum atomic E-state index is 11.8. The van der Waals surface area contributed by atoms with Gasteiger partial charge >= 0.3 is 5.69 Å². The van der Waals surface area contributed by atoms with Crippen LogP contribution in [0.4, 0.5) is 23.0 Å². The van der Waals surface area contributed by atoms with E-state index in [0.717, 1.165) is 30.5 Å². The minimum Gasteiger partial charge on any atom is -0.358 e. The average molecular weight is 391 g/mol. The van der Waals surface area contributed by atoms with Gasteiger partial charge in [-0.25, -0.2) is 9.97 Å². The predicted molar refractivity (Wildman–Crippen MR) is 116 cm³/mol. The maximum Gasteiger partial charge on any atom is 0.353 e. The first kappa shape index (κ1) is 20.3. The van der Waals surface area contributed by atoms with E-state index in [0.29, 0.717) is 0 Å². The Labute approximate surface area is 170 Å². The quantitative estimate of drug-likeness (QED) is 0.362. The lowest BCUT2D eigenvalue weighted by molar-refractivity contribution is -0.383. The van der Waals surface area contributed by atoms with Gasteiger partial charge in [0.1, 0.15) is 6.33 Å². The first-order valence-corrected chi connectivity index (χ1v) is 9.75. The molecule has 0 aliphatic carbocycles. The molecule has 7 heteroatoms. The van der Waals surface area contributed by atoms with Crippen LogP contribution in [0.1, 0.15) is 43.9 Å². The molecule has 150 valence electrons. The smallest absolute Gasteiger partial charge is 0.353 e. The van der Waals surface area contributed by atoms with Gasteiger partial charge in [0.25, 0.3) is 0 Å². The van der Waals surface area contributed by atoms with Crippen LogP contribution in [0.15, 0.2) is 60.9 Å². The monoisotopic (exact) mass is 391 g/mol. The number of hydrogen-bond donors (Lipinski definition) is 2. The molecule has 0 amide bonds. The first-order chi connectivity index (χ1) is 14.1. The zero-order valence-electron chi connectivity index (χ0n) is 16.6. The van der Waals surface area contributed by atoms with Crippen LogP contribution in [-0.4, -0.2) is 14.9 Å². The normalized spacial score (nSPS) is 11.7. The van der Waals surface area contributed by atoms with Crippen LogP contribution in [0.3, 0.4) is 0 Å². The van der Waals surface area contributed by atoms with E-state index in [-0.39, 0.29) is 23.4 Å². The fourth-order valence-electron chi connectivity index (χ4n) is 3.05. The van der Waals surface area contributed by atoms with Crippen molar-refractivity contribution in [2.24, 2.45) is 0 Å². The third-order valence-electron chi connectivity index (χ3n) is 4.69. The Bertz CT molecular complexity index is 945. The molecule has 0 bridgehead atoms. The van der Waals surface area contributed by atoms with Crippen molar-refractivity contribution in [2.75, 3.05) is 10.6 Å². The summed E-state index contributed by atoms with van der Waals surface area (Å²) in [5, 5.41) is 18.0. The molecule has 0 spiro atoms. The summed E-state index contributed by atoms with van der Waals surface area (Å²) in [4.78, 5) is 19.5. The summed E-state index contributed by atoms with van der Waals surface area (Å²) in [5.74, 6) is 0.345. The topological polar surface area (TPSA) is 93.0 Å². The standard InChI is InChI=1S/C22H25N5O2/c1-3-4-8-17-11-13-19(14-12-17)26-22-20(27(28)29)21(23-15-24-22)25-16(2)18-9-6-5-7-10-18/h5-7,9-16H,3-4,8H2,1-2H3,(H2,23,24,25,26). The minimum atomic E-state index is -0.460. The minimum absolute atomic E-state index is 0.143. The fraction of sp³-hybridized carbons (Fsp3) is 0.273. The second-order valence-electron chi connectivity index (χ2n) is 6.88. The molecule has 3 aromatic rings. The van der Waals surface area contributed by atoms with Gasteiger partial charge in [-0.1, -0.05) is 55.8 Å². The van der Waals surface area contributed by atoms with Crippen molar-refractivity contribution in [2.45, 2.75) is 39.2 Å². The third-order valence-corrected chi connectivity index (χ3v) is 4.69. The summed E-state index contributed by atoms with van der Waals surface area (Å²) in [7, 11) is 0. The van der Waals surface area contributed by atoms with Gasteiger partial charge in [0.2, 0.25) is 11.6 Å². The number of anilines is 3. The van der Waals surface area contributed by atoms with E-state index in [1.165, 1.54) is 11.9 Å². The molecule has 1 heterocycles. The van der Waals surface area contributed by atoms with Gasteiger partial charge in [-0.2, -0.15) is 0 Å². The zero-order valence-corrected chi connectivity index (χ0v) is 16.6. The van der Waals surface area contributed by atoms with Gasteiger partial charge in [-0.05, 0) is 43.0 Å². The van der Waals surface area contributed by atoms with E-state index in [9.17, 15) is 10.1 Å². The van der Waals surface area contributed by atoms with Gasteiger partial charge in [-0.15, -0.1) is 0 Å². The number of benzene rings is 2.